The molecule has 1 saturated heterocycles. The minimum atomic E-state index is -4.33. The van der Waals surface area contributed by atoms with Crippen LogP contribution in [0.4, 0.5) is 13.2 Å². The molecule has 2 rings (SSSR count). The third-order valence-electron chi connectivity index (χ3n) is 4.06. The van der Waals surface area contributed by atoms with E-state index in [2.05, 4.69) is 15.4 Å². The molecule has 2 aliphatic rings. The van der Waals surface area contributed by atoms with Crippen molar-refractivity contribution in [3.63, 3.8) is 0 Å². The van der Waals surface area contributed by atoms with E-state index in [1.807, 2.05) is 0 Å². The first-order chi connectivity index (χ1) is 9.44. The number of nitrogens with one attached hydrogen (secondary N) is 2. The summed E-state index contributed by atoms with van der Waals surface area (Å²) < 4.78 is 40.0. The minimum Gasteiger partial charge on any atom is -0.372 e. The molecular weight excluding hydrogens is 273 g/mol. The summed E-state index contributed by atoms with van der Waals surface area (Å²) in [6, 6.07) is 0.159. The monoisotopic (exact) mass is 294 g/mol. The van der Waals surface area contributed by atoms with Gasteiger partial charge in [0.1, 0.15) is 6.61 Å². The molecule has 1 heterocycles. The SMILES string of the molecule is O=C(CCOCC(F)(F)F)NC1CC[C@H]2CNC[C@H]2C1. The maximum Gasteiger partial charge on any atom is 0.411 e. The van der Waals surface area contributed by atoms with Crippen LogP contribution in [0.25, 0.3) is 0 Å². The second-order valence-electron chi connectivity index (χ2n) is 5.67. The molecule has 1 aliphatic heterocycles. The number of halogens is 3. The van der Waals surface area contributed by atoms with E-state index in [1.54, 1.807) is 0 Å². The highest BCUT2D eigenvalue weighted by Crippen LogP contribution is 2.32. The molecule has 1 amide bonds. The van der Waals surface area contributed by atoms with Crippen LogP contribution in [0.1, 0.15) is 25.7 Å². The fourth-order valence-electron chi connectivity index (χ4n) is 3.08. The Hall–Kier alpha value is -0.820. The molecule has 3 atom stereocenters. The van der Waals surface area contributed by atoms with E-state index in [-0.39, 0.29) is 25.0 Å². The summed E-state index contributed by atoms with van der Waals surface area (Å²) in [6.45, 7) is 0.590. The van der Waals surface area contributed by atoms with Crippen molar-refractivity contribution < 1.29 is 22.7 Å². The fourth-order valence-corrected chi connectivity index (χ4v) is 3.08. The van der Waals surface area contributed by atoms with Crippen molar-refractivity contribution in [2.45, 2.75) is 37.9 Å². The van der Waals surface area contributed by atoms with Gasteiger partial charge in [-0.25, -0.2) is 0 Å². The Morgan fingerprint density at radius 1 is 1.25 bits per heavy atom. The Labute approximate surface area is 116 Å². The summed E-state index contributed by atoms with van der Waals surface area (Å²) >= 11 is 0. The predicted octanol–water partition coefficient (Wildman–Crippen LogP) is 1.46. The Morgan fingerprint density at radius 2 is 2.00 bits per heavy atom. The molecule has 1 aliphatic carbocycles. The average molecular weight is 294 g/mol. The van der Waals surface area contributed by atoms with Crippen LogP contribution in [0.2, 0.25) is 0 Å². The lowest BCUT2D eigenvalue weighted by Gasteiger charge is -2.31. The lowest BCUT2D eigenvalue weighted by atomic mass is 9.79. The van der Waals surface area contributed by atoms with Crippen molar-refractivity contribution in [2.24, 2.45) is 11.8 Å². The number of hydrogen-bond donors (Lipinski definition) is 2. The fraction of sp³-hybridized carbons (Fsp3) is 0.923. The van der Waals surface area contributed by atoms with Gasteiger partial charge in [0.15, 0.2) is 0 Å². The molecule has 0 aromatic heterocycles. The molecule has 1 saturated carbocycles. The maximum absolute atomic E-state index is 11.8. The molecule has 0 spiro atoms. The van der Waals surface area contributed by atoms with Crippen LogP contribution in [0, 0.1) is 11.8 Å². The molecule has 0 radical (unpaired) electrons. The number of amides is 1. The van der Waals surface area contributed by atoms with Crippen molar-refractivity contribution in [3.8, 4) is 0 Å². The van der Waals surface area contributed by atoms with E-state index < -0.39 is 12.8 Å². The summed E-state index contributed by atoms with van der Waals surface area (Å²) in [5.41, 5.74) is 0. The van der Waals surface area contributed by atoms with Gasteiger partial charge in [-0.05, 0) is 44.2 Å². The normalized spacial score (nSPS) is 30.1. The van der Waals surface area contributed by atoms with E-state index in [9.17, 15) is 18.0 Å². The molecule has 7 heteroatoms. The molecule has 2 fully saturated rings. The molecule has 2 N–H and O–H groups in total. The number of alkyl halides is 3. The Kier molecular flexibility index (Phi) is 5.26. The first-order valence-electron chi connectivity index (χ1n) is 7.08. The molecular formula is C13H21F3N2O2. The van der Waals surface area contributed by atoms with Gasteiger partial charge < -0.3 is 15.4 Å². The van der Waals surface area contributed by atoms with E-state index in [0.29, 0.717) is 5.92 Å². The standard InChI is InChI=1S/C13H21F3N2O2/c14-13(15,16)8-20-4-3-12(19)18-11-2-1-9-6-17-7-10(9)5-11/h9-11,17H,1-8H2,(H,18,19)/t9-,10+,11?/m0/s1. The zero-order chi connectivity index (χ0) is 14.6. The van der Waals surface area contributed by atoms with Crippen molar-refractivity contribution in [2.75, 3.05) is 26.3 Å². The van der Waals surface area contributed by atoms with Crippen LogP contribution < -0.4 is 10.6 Å². The highest BCUT2D eigenvalue weighted by molar-refractivity contribution is 5.76. The molecule has 20 heavy (non-hydrogen) atoms. The largest absolute Gasteiger partial charge is 0.411 e. The van der Waals surface area contributed by atoms with Crippen molar-refractivity contribution in [1.82, 2.24) is 10.6 Å². The summed E-state index contributed by atoms with van der Waals surface area (Å²) in [4.78, 5) is 11.6. The van der Waals surface area contributed by atoms with Crippen molar-refractivity contribution >= 4 is 5.91 Å². The first kappa shape index (κ1) is 15.6. The number of rotatable bonds is 5. The molecule has 0 aromatic carbocycles. The molecule has 4 nitrogen and oxygen atoms in total. The van der Waals surface area contributed by atoms with Gasteiger partial charge in [-0.15, -0.1) is 0 Å². The molecule has 116 valence electrons. The quantitative estimate of drug-likeness (QED) is 0.755. The van der Waals surface area contributed by atoms with Gasteiger partial charge in [0.25, 0.3) is 0 Å². The van der Waals surface area contributed by atoms with Gasteiger partial charge in [0.05, 0.1) is 6.61 Å². The van der Waals surface area contributed by atoms with Crippen LogP contribution in [-0.4, -0.2) is 44.4 Å². The van der Waals surface area contributed by atoms with E-state index in [1.165, 1.54) is 0 Å². The first-order valence-corrected chi connectivity index (χ1v) is 7.08. The van der Waals surface area contributed by atoms with Crippen LogP contribution in [-0.2, 0) is 9.53 Å². The zero-order valence-electron chi connectivity index (χ0n) is 11.3. The van der Waals surface area contributed by atoms with Crippen molar-refractivity contribution in [1.29, 1.82) is 0 Å². The second kappa shape index (κ2) is 6.76. The maximum atomic E-state index is 11.8. The topological polar surface area (TPSA) is 50.4 Å². The number of ether oxygens (including phenoxy) is 1. The zero-order valence-corrected chi connectivity index (χ0v) is 11.3. The van der Waals surface area contributed by atoms with Crippen LogP contribution >= 0.6 is 0 Å². The number of carbonyl (C=O) groups is 1. The second-order valence-corrected chi connectivity index (χ2v) is 5.67. The number of carbonyl (C=O) groups excluding carboxylic acids is 1. The third-order valence-corrected chi connectivity index (χ3v) is 4.06. The Balaban J connectivity index is 1.60. The smallest absolute Gasteiger partial charge is 0.372 e. The average Bonchev–Trinajstić information content (AvgIpc) is 2.81. The lowest BCUT2D eigenvalue weighted by Crippen LogP contribution is -2.41. The van der Waals surface area contributed by atoms with Crippen LogP contribution in [0.15, 0.2) is 0 Å². The summed E-state index contributed by atoms with van der Waals surface area (Å²) in [7, 11) is 0. The van der Waals surface area contributed by atoms with Crippen LogP contribution in [0.3, 0.4) is 0 Å². The number of fused-ring (bicyclic) bond motifs is 1. The Morgan fingerprint density at radius 3 is 2.75 bits per heavy atom. The third kappa shape index (κ3) is 4.94. The molecule has 1 unspecified atom stereocenters. The van der Waals surface area contributed by atoms with E-state index in [4.69, 9.17) is 0 Å². The van der Waals surface area contributed by atoms with Crippen molar-refractivity contribution in [3.05, 3.63) is 0 Å². The van der Waals surface area contributed by atoms with E-state index >= 15 is 0 Å². The van der Waals surface area contributed by atoms with Gasteiger partial charge in [-0.3, -0.25) is 4.79 Å². The van der Waals surface area contributed by atoms with Crippen LogP contribution in [0.5, 0.6) is 0 Å². The lowest BCUT2D eigenvalue weighted by molar-refractivity contribution is -0.174. The number of hydrogen-bond acceptors (Lipinski definition) is 3. The van der Waals surface area contributed by atoms with E-state index in [0.717, 1.165) is 38.3 Å². The Bertz CT molecular complexity index is 336. The minimum absolute atomic E-state index is 0.0150. The van der Waals surface area contributed by atoms with Gasteiger partial charge in [0, 0.05) is 12.5 Å². The highest BCUT2D eigenvalue weighted by Gasteiger charge is 2.34. The van der Waals surface area contributed by atoms with Gasteiger partial charge >= 0.3 is 6.18 Å². The summed E-state index contributed by atoms with van der Waals surface area (Å²) in [5, 5.41) is 6.26. The van der Waals surface area contributed by atoms with Gasteiger partial charge in [-0.1, -0.05) is 0 Å². The molecule has 0 aromatic rings. The van der Waals surface area contributed by atoms with Gasteiger partial charge in [-0.2, -0.15) is 13.2 Å². The highest BCUT2D eigenvalue weighted by atomic mass is 19.4. The molecule has 0 bridgehead atoms. The summed E-state index contributed by atoms with van der Waals surface area (Å²) in [5.74, 6) is 1.12. The van der Waals surface area contributed by atoms with Gasteiger partial charge in [0.2, 0.25) is 5.91 Å². The predicted molar refractivity (Wildman–Crippen MR) is 67.1 cm³/mol. The summed E-state index contributed by atoms with van der Waals surface area (Å²) in [6.07, 6.45) is -1.32.